The van der Waals surface area contributed by atoms with Crippen LogP contribution in [-0.2, 0) is 16.0 Å². The quantitative estimate of drug-likeness (QED) is 0.709. The van der Waals surface area contributed by atoms with Gasteiger partial charge in [0.1, 0.15) is 0 Å². The molecule has 2 N–H and O–H groups in total. The first-order chi connectivity index (χ1) is 10.7. The molecule has 0 unspecified atom stereocenters. The third-order valence-electron chi connectivity index (χ3n) is 4.04. The van der Waals surface area contributed by atoms with Crippen LogP contribution in [0.3, 0.4) is 0 Å². The highest BCUT2D eigenvalue weighted by Gasteiger charge is 2.22. The van der Waals surface area contributed by atoms with Crippen LogP contribution in [0, 0.1) is 0 Å². The lowest BCUT2D eigenvalue weighted by Gasteiger charge is -2.32. The molecule has 0 saturated carbocycles. The Labute approximate surface area is 153 Å². The van der Waals surface area contributed by atoms with Crippen molar-refractivity contribution in [2.45, 2.75) is 38.2 Å². The maximum atomic E-state index is 12.3. The first-order valence-corrected chi connectivity index (χ1v) is 8.82. The summed E-state index contributed by atoms with van der Waals surface area (Å²) in [6, 6.07) is 8.16. The summed E-state index contributed by atoms with van der Waals surface area (Å²) in [5.41, 5.74) is 6.67. The van der Waals surface area contributed by atoms with Gasteiger partial charge in [-0.25, -0.2) is 0 Å². The maximum absolute atomic E-state index is 12.3. The zero-order chi connectivity index (χ0) is 15.8. The van der Waals surface area contributed by atoms with Crippen LogP contribution >= 0.6 is 28.3 Å². The minimum Gasteiger partial charge on any atom is -0.378 e. The number of carbonyl (C=O) groups is 1. The molecule has 1 fully saturated rings. The summed E-state index contributed by atoms with van der Waals surface area (Å²) >= 11 is 3.42. The van der Waals surface area contributed by atoms with Gasteiger partial charge < -0.3 is 15.4 Å². The average molecular weight is 406 g/mol. The number of benzene rings is 1. The molecule has 23 heavy (non-hydrogen) atoms. The van der Waals surface area contributed by atoms with E-state index in [0.717, 1.165) is 49.9 Å². The fraction of sp³-hybridized carbons (Fsp3) is 0.588. The third kappa shape index (κ3) is 7.21. The molecule has 6 heteroatoms. The summed E-state index contributed by atoms with van der Waals surface area (Å²) in [4.78, 5) is 14.2. The normalized spacial score (nSPS) is 15.3. The Morgan fingerprint density at radius 1 is 1.26 bits per heavy atom. The summed E-state index contributed by atoms with van der Waals surface area (Å²) in [7, 11) is 0. The van der Waals surface area contributed by atoms with Gasteiger partial charge in [-0.2, -0.15) is 0 Å². The number of nitrogens with two attached hydrogens (primary N) is 1. The fourth-order valence-electron chi connectivity index (χ4n) is 2.67. The van der Waals surface area contributed by atoms with Crippen molar-refractivity contribution in [1.29, 1.82) is 0 Å². The highest BCUT2D eigenvalue weighted by molar-refractivity contribution is 9.10. The number of hydrogen-bond donors (Lipinski definition) is 1. The summed E-state index contributed by atoms with van der Waals surface area (Å²) in [5, 5.41) is 0. The van der Waals surface area contributed by atoms with Crippen LogP contribution in [0.5, 0.6) is 0 Å². The van der Waals surface area contributed by atoms with E-state index in [0.29, 0.717) is 19.1 Å². The number of hydrogen-bond acceptors (Lipinski definition) is 3. The van der Waals surface area contributed by atoms with Crippen molar-refractivity contribution in [1.82, 2.24) is 4.90 Å². The van der Waals surface area contributed by atoms with Crippen LogP contribution in [0.4, 0.5) is 0 Å². The molecule has 0 aliphatic carbocycles. The van der Waals surface area contributed by atoms with E-state index in [4.69, 9.17) is 10.5 Å². The molecule has 1 heterocycles. The van der Waals surface area contributed by atoms with Crippen molar-refractivity contribution in [3.63, 3.8) is 0 Å². The lowest BCUT2D eigenvalue weighted by atomic mass is 10.1. The standard InChI is InChI=1S/C17H25BrN2O2.ClH/c18-15-5-2-14(3-6-15)4-7-17(21)20-11-8-16(9-12-20)22-13-1-10-19;/h2-3,5-6,16H,1,4,7-13,19H2;1H. The second kappa shape index (κ2) is 11.0. The molecular formula is C17H26BrClN2O2. The van der Waals surface area contributed by atoms with Gasteiger partial charge in [0.05, 0.1) is 6.10 Å². The SMILES string of the molecule is Cl.NCCCOC1CCN(C(=O)CCc2ccc(Br)cc2)CC1. The van der Waals surface area contributed by atoms with E-state index in [-0.39, 0.29) is 18.3 Å². The molecule has 1 aliphatic rings. The van der Waals surface area contributed by atoms with Crippen LogP contribution in [-0.4, -0.2) is 43.2 Å². The number of amides is 1. The van der Waals surface area contributed by atoms with Crippen molar-refractivity contribution < 1.29 is 9.53 Å². The number of likely N-dealkylation sites (tertiary alicyclic amines) is 1. The monoisotopic (exact) mass is 404 g/mol. The number of halogens is 2. The Balaban J connectivity index is 0.00000264. The minimum atomic E-state index is 0. The zero-order valence-electron chi connectivity index (χ0n) is 13.4. The smallest absolute Gasteiger partial charge is 0.222 e. The van der Waals surface area contributed by atoms with Crippen molar-refractivity contribution >= 4 is 34.2 Å². The van der Waals surface area contributed by atoms with Crippen molar-refractivity contribution in [3.05, 3.63) is 34.3 Å². The molecule has 1 amide bonds. The maximum Gasteiger partial charge on any atom is 0.222 e. The summed E-state index contributed by atoms with van der Waals surface area (Å²) < 4.78 is 6.84. The summed E-state index contributed by atoms with van der Waals surface area (Å²) in [5.74, 6) is 0.253. The molecule has 0 atom stereocenters. The number of rotatable bonds is 7. The molecule has 4 nitrogen and oxygen atoms in total. The lowest BCUT2D eigenvalue weighted by molar-refractivity contribution is -0.133. The van der Waals surface area contributed by atoms with E-state index in [9.17, 15) is 4.79 Å². The average Bonchev–Trinajstić information content (AvgIpc) is 2.55. The highest BCUT2D eigenvalue weighted by atomic mass is 79.9. The minimum absolute atomic E-state index is 0. The van der Waals surface area contributed by atoms with Gasteiger partial charge in [-0.1, -0.05) is 28.1 Å². The second-order valence-corrected chi connectivity index (χ2v) is 6.64. The molecule has 1 saturated heterocycles. The van der Waals surface area contributed by atoms with Gasteiger partial charge in [0, 0.05) is 30.6 Å². The van der Waals surface area contributed by atoms with E-state index in [1.165, 1.54) is 5.56 Å². The molecule has 2 rings (SSSR count). The number of piperidine rings is 1. The van der Waals surface area contributed by atoms with Gasteiger partial charge >= 0.3 is 0 Å². The number of ether oxygens (including phenoxy) is 1. The topological polar surface area (TPSA) is 55.6 Å². The van der Waals surface area contributed by atoms with Crippen LogP contribution in [0.2, 0.25) is 0 Å². The highest BCUT2D eigenvalue weighted by Crippen LogP contribution is 2.16. The second-order valence-electron chi connectivity index (χ2n) is 5.72. The van der Waals surface area contributed by atoms with Gasteiger partial charge in [-0.15, -0.1) is 12.4 Å². The first kappa shape index (κ1) is 20.4. The Kier molecular flexibility index (Phi) is 9.79. The summed E-state index contributed by atoms with van der Waals surface area (Å²) in [6.45, 7) is 3.03. The number of nitrogens with zero attached hydrogens (tertiary/aromatic N) is 1. The fourth-order valence-corrected chi connectivity index (χ4v) is 2.93. The van der Waals surface area contributed by atoms with Crippen molar-refractivity contribution in [2.75, 3.05) is 26.2 Å². The Morgan fingerprint density at radius 2 is 1.91 bits per heavy atom. The Hall–Kier alpha value is -0.620. The van der Waals surface area contributed by atoms with Crippen molar-refractivity contribution in [3.8, 4) is 0 Å². The van der Waals surface area contributed by atoms with E-state index in [2.05, 4.69) is 28.1 Å². The van der Waals surface area contributed by atoms with Crippen LogP contribution in [0.1, 0.15) is 31.2 Å². The number of aryl methyl sites for hydroxylation is 1. The van der Waals surface area contributed by atoms with Gasteiger partial charge in [0.15, 0.2) is 0 Å². The Morgan fingerprint density at radius 3 is 2.52 bits per heavy atom. The van der Waals surface area contributed by atoms with Gasteiger partial charge in [-0.3, -0.25) is 4.79 Å². The van der Waals surface area contributed by atoms with E-state index in [1.54, 1.807) is 0 Å². The molecule has 0 bridgehead atoms. The van der Waals surface area contributed by atoms with E-state index < -0.39 is 0 Å². The third-order valence-corrected chi connectivity index (χ3v) is 4.57. The Bertz CT molecular complexity index is 462. The number of carbonyl (C=O) groups excluding carboxylic acids is 1. The van der Waals surface area contributed by atoms with Gasteiger partial charge in [0.25, 0.3) is 0 Å². The molecule has 1 aromatic rings. The molecular weight excluding hydrogens is 380 g/mol. The molecule has 1 aromatic carbocycles. The lowest BCUT2D eigenvalue weighted by Crippen LogP contribution is -2.41. The molecule has 0 radical (unpaired) electrons. The predicted octanol–water partition coefficient (Wildman–Crippen LogP) is 3.16. The van der Waals surface area contributed by atoms with Crippen LogP contribution in [0.15, 0.2) is 28.7 Å². The van der Waals surface area contributed by atoms with E-state index >= 15 is 0 Å². The van der Waals surface area contributed by atoms with E-state index in [1.807, 2.05) is 17.0 Å². The van der Waals surface area contributed by atoms with Crippen LogP contribution < -0.4 is 5.73 Å². The molecule has 0 aromatic heterocycles. The largest absolute Gasteiger partial charge is 0.378 e. The van der Waals surface area contributed by atoms with Gasteiger partial charge in [0.2, 0.25) is 5.91 Å². The predicted molar refractivity (Wildman–Crippen MR) is 98.9 cm³/mol. The van der Waals surface area contributed by atoms with Gasteiger partial charge in [-0.05, 0) is 49.9 Å². The summed E-state index contributed by atoms with van der Waals surface area (Å²) in [6.07, 6.45) is 4.47. The zero-order valence-corrected chi connectivity index (χ0v) is 15.8. The molecule has 130 valence electrons. The van der Waals surface area contributed by atoms with Crippen molar-refractivity contribution in [2.24, 2.45) is 5.73 Å². The molecule has 1 aliphatic heterocycles. The molecule has 0 spiro atoms. The van der Waals surface area contributed by atoms with Crippen LogP contribution in [0.25, 0.3) is 0 Å². The first-order valence-electron chi connectivity index (χ1n) is 8.03.